The molecule has 120 valence electrons. The van der Waals surface area contributed by atoms with Crippen LogP contribution in [0, 0.1) is 5.92 Å². The lowest BCUT2D eigenvalue weighted by atomic mass is 9.96. The number of piperidine rings is 1. The fraction of sp³-hybridized carbons (Fsp3) is 0.533. The molecular formula is C15H19BrN2O3S. The van der Waals surface area contributed by atoms with Crippen molar-refractivity contribution in [1.82, 2.24) is 4.31 Å². The van der Waals surface area contributed by atoms with Crippen molar-refractivity contribution >= 4 is 37.5 Å². The number of hydrogen-bond donors (Lipinski definition) is 0. The van der Waals surface area contributed by atoms with Crippen molar-refractivity contribution in [2.45, 2.75) is 19.3 Å². The van der Waals surface area contributed by atoms with Crippen molar-refractivity contribution in [2.75, 3.05) is 30.8 Å². The van der Waals surface area contributed by atoms with Crippen LogP contribution in [0.15, 0.2) is 22.7 Å². The summed E-state index contributed by atoms with van der Waals surface area (Å²) in [4.78, 5) is 14.6. The summed E-state index contributed by atoms with van der Waals surface area (Å²) < 4.78 is 25.6. The Labute approximate surface area is 139 Å². The van der Waals surface area contributed by atoms with Gasteiger partial charge in [0, 0.05) is 35.7 Å². The number of nitrogens with zero attached hydrogens (tertiary/aromatic N) is 2. The Morgan fingerprint density at radius 3 is 2.55 bits per heavy atom. The number of carbonyl (C=O) groups excluding carboxylic acids is 1. The van der Waals surface area contributed by atoms with Crippen LogP contribution in [0.1, 0.15) is 18.4 Å². The summed E-state index contributed by atoms with van der Waals surface area (Å²) in [6, 6.07) is 6.00. The van der Waals surface area contributed by atoms with E-state index in [1.165, 1.54) is 16.1 Å². The first-order valence-corrected chi connectivity index (χ1v) is 10.1. The van der Waals surface area contributed by atoms with Crippen molar-refractivity contribution in [3.05, 3.63) is 28.2 Å². The molecule has 1 amide bonds. The zero-order chi connectivity index (χ0) is 15.9. The largest absolute Gasteiger partial charge is 0.312 e. The van der Waals surface area contributed by atoms with Crippen molar-refractivity contribution < 1.29 is 13.2 Å². The molecule has 0 bridgehead atoms. The van der Waals surface area contributed by atoms with E-state index in [1.807, 2.05) is 17.0 Å². The molecular weight excluding hydrogens is 368 g/mol. The van der Waals surface area contributed by atoms with E-state index in [1.54, 1.807) is 0 Å². The van der Waals surface area contributed by atoms with Gasteiger partial charge in [0.2, 0.25) is 15.9 Å². The second kappa shape index (κ2) is 5.94. The molecule has 0 atom stereocenters. The van der Waals surface area contributed by atoms with Crippen LogP contribution in [0.5, 0.6) is 0 Å². The predicted molar refractivity (Wildman–Crippen MR) is 89.3 cm³/mol. The predicted octanol–water partition coefficient (Wildman–Crippen LogP) is 2.01. The molecule has 1 aromatic rings. The number of benzene rings is 1. The number of amides is 1. The van der Waals surface area contributed by atoms with Crippen molar-refractivity contribution in [1.29, 1.82) is 0 Å². The standard InChI is InChI=1S/C15H19BrN2O3S/c1-22(20,21)17-7-4-11(5-8-17)15(19)18-9-6-12-10-13(16)2-3-14(12)18/h2-3,10-11H,4-9H2,1H3. The quantitative estimate of drug-likeness (QED) is 0.780. The van der Waals surface area contributed by atoms with Gasteiger partial charge in [-0.3, -0.25) is 4.79 Å². The summed E-state index contributed by atoms with van der Waals surface area (Å²) in [5, 5.41) is 0. The Hall–Kier alpha value is -0.920. The fourth-order valence-corrected chi connectivity index (χ4v) is 4.54. The molecule has 2 heterocycles. The smallest absolute Gasteiger partial charge is 0.230 e. The van der Waals surface area contributed by atoms with Crippen LogP contribution in [-0.4, -0.2) is 44.5 Å². The van der Waals surface area contributed by atoms with Gasteiger partial charge in [0.05, 0.1) is 6.26 Å². The van der Waals surface area contributed by atoms with Gasteiger partial charge in [-0.1, -0.05) is 15.9 Å². The van der Waals surface area contributed by atoms with Gasteiger partial charge in [0.15, 0.2) is 0 Å². The molecule has 22 heavy (non-hydrogen) atoms. The van der Waals surface area contributed by atoms with Gasteiger partial charge in [0.1, 0.15) is 0 Å². The number of fused-ring (bicyclic) bond motifs is 1. The highest BCUT2D eigenvalue weighted by molar-refractivity contribution is 9.10. The number of hydrogen-bond acceptors (Lipinski definition) is 3. The van der Waals surface area contributed by atoms with Crippen LogP contribution < -0.4 is 4.90 Å². The summed E-state index contributed by atoms with van der Waals surface area (Å²) >= 11 is 3.46. The van der Waals surface area contributed by atoms with E-state index in [-0.39, 0.29) is 11.8 Å². The fourth-order valence-electron chi connectivity index (χ4n) is 3.25. The number of sulfonamides is 1. The topological polar surface area (TPSA) is 57.7 Å². The first-order chi connectivity index (χ1) is 10.4. The molecule has 0 spiro atoms. The zero-order valence-electron chi connectivity index (χ0n) is 12.5. The lowest BCUT2D eigenvalue weighted by Gasteiger charge is -2.31. The van der Waals surface area contributed by atoms with E-state index in [2.05, 4.69) is 22.0 Å². The first kappa shape index (κ1) is 16.0. The molecule has 2 aliphatic rings. The molecule has 1 fully saturated rings. The summed E-state index contributed by atoms with van der Waals surface area (Å²) in [5.74, 6) is 0.0572. The molecule has 0 N–H and O–H groups in total. The highest BCUT2D eigenvalue weighted by atomic mass is 79.9. The van der Waals surface area contributed by atoms with Gasteiger partial charge in [0.25, 0.3) is 0 Å². The van der Waals surface area contributed by atoms with Gasteiger partial charge >= 0.3 is 0 Å². The van der Waals surface area contributed by atoms with E-state index in [4.69, 9.17) is 0 Å². The maximum atomic E-state index is 12.8. The van der Waals surface area contributed by atoms with Crippen molar-refractivity contribution in [3.63, 3.8) is 0 Å². The summed E-state index contributed by atoms with van der Waals surface area (Å²) in [7, 11) is -3.14. The minimum atomic E-state index is -3.14. The summed E-state index contributed by atoms with van der Waals surface area (Å²) in [5.41, 5.74) is 2.19. The molecule has 7 heteroatoms. The maximum absolute atomic E-state index is 12.8. The van der Waals surface area contributed by atoms with E-state index >= 15 is 0 Å². The zero-order valence-corrected chi connectivity index (χ0v) is 14.9. The van der Waals surface area contributed by atoms with Gasteiger partial charge in [-0.2, -0.15) is 0 Å². The molecule has 0 aliphatic carbocycles. The van der Waals surface area contributed by atoms with Crippen molar-refractivity contribution in [2.24, 2.45) is 5.92 Å². The monoisotopic (exact) mass is 386 g/mol. The number of rotatable bonds is 2. The average molecular weight is 387 g/mol. The highest BCUT2D eigenvalue weighted by Gasteiger charge is 2.34. The third-order valence-corrected chi connectivity index (χ3v) is 6.27. The number of carbonyl (C=O) groups is 1. The van der Waals surface area contributed by atoms with Crippen LogP contribution >= 0.6 is 15.9 Å². The van der Waals surface area contributed by atoms with Crippen LogP contribution in [-0.2, 0) is 21.2 Å². The van der Waals surface area contributed by atoms with Crippen LogP contribution in [0.2, 0.25) is 0 Å². The number of halogens is 1. The minimum absolute atomic E-state index is 0.0763. The molecule has 1 saturated heterocycles. The van der Waals surface area contributed by atoms with Gasteiger partial charge in [-0.25, -0.2) is 12.7 Å². The summed E-state index contributed by atoms with van der Waals surface area (Å²) in [6.45, 7) is 1.60. The Morgan fingerprint density at radius 2 is 1.91 bits per heavy atom. The minimum Gasteiger partial charge on any atom is -0.312 e. The third-order valence-electron chi connectivity index (χ3n) is 4.48. The van der Waals surface area contributed by atoms with Gasteiger partial charge < -0.3 is 4.90 Å². The molecule has 2 aliphatic heterocycles. The normalized spacial score (nSPS) is 20.2. The summed E-state index contributed by atoms with van der Waals surface area (Å²) in [6.07, 6.45) is 3.31. The van der Waals surface area contributed by atoms with Gasteiger partial charge in [-0.15, -0.1) is 0 Å². The molecule has 0 radical (unpaired) electrons. The first-order valence-electron chi connectivity index (χ1n) is 7.41. The molecule has 1 aromatic carbocycles. The van der Waals surface area contributed by atoms with E-state index in [0.29, 0.717) is 25.9 Å². The van der Waals surface area contributed by atoms with Gasteiger partial charge in [-0.05, 0) is 43.0 Å². The number of anilines is 1. The molecule has 0 aromatic heterocycles. The highest BCUT2D eigenvalue weighted by Crippen LogP contribution is 2.33. The maximum Gasteiger partial charge on any atom is 0.230 e. The van der Waals surface area contributed by atoms with E-state index in [9.17, 15) is 13.2 Å². The Balaban J connectivity index is 1.70. The Morgan fingerprint density at radius 1 is 1.23 bits per heavy atom. The van der Waals surface area contributed by atoms with Crippen LogP contribution in [0.25, 0.3) is 0 Å². The second-order valence-corrected chi connectivity index (χ2v) is 8.85. The van der Waals surface area contributed by atoms with Crippen LogP contribution in [0.4, 0.5) is 5.69 Å². The Bertz CT molecular complexity index is 697. The van der Waals surface area contributed by atoms with E-state index < -0.39 is 10.0 Å². The molecule has 5 nitrogen and oxygen atoms in total. The molecule has 3 rings (SSSR count). The average Bonchev–Trinajstić information content (AvgIpc) is 2.88. The lowest BCUT2D eigenvalue weighted by Crippen LogP contribution is -2.43. The Kier molecular flexibility index (Phi) is 4.31. The van der Waals surface area contributed by atoms with E-state index in [0.717, 1.165) is 23.1 Å². The second-order valence-electron chi connectivity index (χ2n) is 5.95. The SMILES string of the molecule is CS(=O)(=O)N1CCC(C(=O)N2CCc3cc(Br)ccc32)CC1. The molecule has 0 saturated carbocycles. The molecule has 0 unspecified atom stereocenters. The third kappa shape index (κ3) is 3.07. The van der Waals surface area contributed by atoms with Crippen LogP contribution in [0.3, 0.4) is 0 Å². The van der Waals surface area contributed by atoms with Crippen molar-refractivity contribution in [3.8, 4) is 0 Å². The lowest BCUT2D eigenvalue weighted by molar-refractivity contribution is -0.123.